The molecule has 27 heavy (non-hydrogen) atoms. The second-order valence-corrected chi connectivity index (χ2v) is 7.09. The number of carbonyl (C=O) groups is 3. The zero-order valence-corrected chi connectivity index (χ0v) is 16.2. The minimum Gasteiger partial charge on any atom is -0.449 e. The van der Waals surface area contributed by atoms with Gasteiger partial charge in [0.1, 0.15) is 0 Å². The number of carbonyl (C=O) groups excluding carboxylic acids is 3. The lowest BCUT2D eigenvalue weighted by Gasteiger charge is -2.21. The average Bonchev–Trinajstić information content (AvgIpc) is 2.51. The molecule has 0 aliphatic rings. The van der Waals surface area contributed by atoms with Crippen molar-refractivity contribution < 1.29 is 24.0 Å². The molecule has 0 fully saturated rings. The summed E-state index contributed by atoms with van der Waals surface area (Å²) >= 11 is 0. The lowest BCUT2D eigenvalue weighted by atomic mass is 10.1. The van der Waals surface area contributed by atoms with Crippen LogP contribution in [-0.2, 0) is 9.53 Å². The molecule has 0 unspecified atom stereocenters. The number of amides is 3. The third-order valence-corrected chi connectivity index (χ3v) is 3.27. The molecule has 0 saturated carbocycles. The monoisotopic (exact) mass is 380 g/mol. The Hall–Kier alpha value is -3.17. The number of ether oxygens (including phenoxy) is 1. The van der Waals surface area contributed by atoms with Crippen LogP contribution in [0, 0.1) is 10.1 Å². The number of nitrogens with one attached hydrogen (secondary N) is 2. The number of non-ortho nitro benzene ring substituents is 1. The molecule has 0 aliphatic heterocycles. The molecule has 0 spiro atoms. The molecule has 1 atom stereocenters. The Balaban J connectivity index is 2.91. The van der Waals surface area contributed by atoms with E-state index in [4.69, 9.17) is 4.74 Å². The normalized spacial score (nSPS) is 11.9. The zero-order chi connectivity index (χ0) is 20.9. The molecule has 2 N–H and O–H groups in total. The second-order valence-electron chi connectivity index (χ2n) is 7.09. The fourth-order valence-electron chi connectivity index (χ4n) is 2.05. The van der Waals surface area contributed by atoms with Gasteiger partial charge in [-0.2, -0.15) is 0 Å². The van der Waals surface area contributed by atoms with E-state index in [1.807, 2.05) is 0 Å². The number of benzene rings is 1. The molecule has 0 bridgehead atoms. The summed E-state index contributed by atoms with van der Waals surface area (Å²) in [6.45, 7) is 6.52. The van der Waals surface area contributed by atoms with Crippen LogP contribution in [0.15, 0.2) is 18.2 Å². The van der Waals surface area contributed by atoms with E-state index in [2.05, 4.69) is 10.6 Å². The Morgan fingerprint density at radius 1 is 1.22 bits per heavy atom. The number of nitrogens with zero attached hydrogens (tertiary/aromatic N) is 2. The Morgan fingerprint density at radius 2 is 1.81 bits per heavy atom. The maximum Gasteiger partial charge on any atom is 0.341 e. The number of urea groups is 1. The van der Waals surface area contributed by atoms with Gasteiger partial charge in [0.05, 0.1) is 16.2 Å². The summed E-state index contributed by atoms with van der Waals surface area (Å²) in [4.78, 5) is 48.1. The molecule has 1 aromatic carbocycles. The number of anilines is 1. The van der Waals surface area contributed by atoms with Gasteiger partial charge in [0.25, 0.3) is 11.6 Å². The summed E-state index contributed by atoms with van der Waals surface area (Å²) in [5, 5.41) is 15.6. The second kappa shape index (κ2) is 8.47. The molecule has 10 nitrogen and oxygen atoms in total. The number of hydrogen-bond donors (Lipinski definition) is 2. The minimum atomic E-state index is -1.28. The highest BCUT2D eigenvalue weighted by molar-refractivity contribution is 6.00. The molecule has 10 heteroatoms. The molecule has 0 aliphatic carbocycles. The Morgan fingerprint density at radius 3 is 2.30 bits per heavy atom. The number of imide groups is 1. The van der Waals surface area contributed by atoms with Crippen molar-refractivity contribution in [1.29, 1.82) is 0 Å². The summed E-state index contributed by atoms with van der Waals surface area (Å²) in [5.41, 5.74) is -0.501. The van der Waals surface area contributed by atoms with Crippen molar-refractivity contribution in [2.24, 2.45) is 0 Å². The predicted molar refractivity (Wildman–Crippen MR) is 98.7 cm³/mol. The van der Waals surface area contributed by atoms with Gasteiger partial charge in [-0.1, -0.05) is 0 Å². The highest BCUT2D eigenvalue weighted by Crippen LogP contribution is 2.25. The molecular weight excluding hydrogens is 356 g/mol. The van der Waals surface area contributed by atoms with Crippen molar-refractivity contribution in [1.82, 2.24) is 10.6 Å². The topological polar surface area (TPSA) is 131 Å². The van der Waals surface area contributed by atoms with Crippen LogP contribution in [0.25, 0.3) is 0 Å². The highest BCUT2D eigenvalue weighted by Gasteiger charge is 2.25. The van der Waals surface area contributed by atoms with Crippen molar-refractivity contribution in [2.75, 3.05) is 19.0 Å². The third kappa shape index (κ3) is 6.57. The van der Waals surface area contributed by atoms with E-state index in [1.165, 1.54) is 19.1 Å². The summed E-state index contributed by atoms with van der Waals surface area (Å²) in [6.07, 6.45) is -1.28. The van der Waals surface area contributed by atoms with Crippen molar-refractivity contribution >= 4 is 29.3 Å². The van der Waals surface area contributed by atoms with Crippen LogP contribution in [0.1, 0.15) is 38.1 Å². The molecule has 0 heterocycles. The Labute approximate surface area is 157 Å². The van der Waals surface area contributed by atoms with E-state index < -0.39 is 34.5 Å². The first kappa shape index (κ1) is 21.9. The van der Waals surface area contributed by atoms with Crippen molar-refractivity contribution in [3.8, 4) is 0 Å². The van der Waals surface area contributed by atoms with Gasteiger partial charge in [-0.05, 0) is 33.8 Å². The summed E-state index contributed by atoms with van der Waals surface area (Å²) in [6, 6.07) is 3.03. The fourth-order valence-corrected chi connectivity index (χ4v) is 2.05. The molecule has 3 amide bonds. The highest BCUT2D eigenvalue weighted by atomic mass is 16.6. The molecule has 0 radical (unpaired) electrons. The van der Waals surface area contributed by atoms with Crippen LogP contribution in [0.3, 0.4) is 0 Å². The van der Waals surface area contributed by atoms with Gasteiger partial charge in [-0.3, -0.25) is 20.2 Å². The maximum atomic E-state index is 12.4. The number of rotatable bonds is 5. The summed E-state index contributed by atoms with van der Waals surface area (Å²) in [5.74, 6) is -1.73. The smallest absolute Gasteiger partial charge is 0.341 e. The SMILES string of the molecule is C[C@@H](OC(=O)c1cc([N+](=O)[O-])ccc1N(C)C)C(=O)NC(=O)NC(C)(C)C. The van der Waals surface area contributed by atoms with Gasteiger partial charge in [0.2, 0.25) is 0 Å². The van der Waals surface area contributed by atoms with Crippen LogP contribution < -0.4 is 15.5 Å². The van der Waals surface area contributed by atoms with Gasteiger partial charge in [0, 0.05) is 31.8 Å². The van der Waals surface area contributed by atoms with Crippen LogP contribution in [-0.4, -0.2) is 48.6 Å². The number of nitro benzene ring substituents is 1. The average molecular weight is 380 g/mol. The molecule has 0 saturated heterocycles. The summed E-state index contributed by atoms with van der Waals surface area (Å²) in [7, 11) is 3.32. The lowest BCUT2D eigenvalue weighted by molar-refractivity contribution is -0.384. The van der Waals surface area contributed by atoms with Gasteiger partial charge < -0.3 is 15.0 Å². The standard InChI is InChI=1S/C17H24N4O6/c1-10(14(22)18-16(24)19-17(2,3)4)27-15(23)12-9-11(21(25)26)7-8-13(12)20(5)6/h7-10H,1-6H3,(H2,18,19,22,24)/t10-/m1/s1. The lowest BCUT2D eigenvalue weighted by Crippen LogP contribution is -2.50. The molecule has 0 aromatic heterocycles. The van der Waals surface area contributed by atoms with E-state index in [0.717, 1.165) is 6.07 Å². The van der Waals surface area contributed by atoms with E-state index in [1.54, 1.807) is 39.8 Å². The third-order valence-electron chi connectivity index (χ3n) is 3.27. The largest absolute Gasteiger partial charge is 0.449 e. The molecule has 1 aromatic rings. The Kier molecular flexibility index (Phi) is 6.87. The van der Waals surface area contributed by atoms with E-state index >= 15 is 0 Å². The summed E-state index contributed by atoms with van der Waals surface area (Å²) < 4.78 is 5.07. The molecular formula is C17H24N4O6. The predicted octanol–water partition coefficient (Wildman–Crippen LogP) is 1.83. The van der Waals surface area contributed by atoms with Gasteiger partial charge >= 0.3 is 12.0 Å². The first-order valence-corrected chi connectivity index (χ1v) is 8.11. The first-order valence-electron chi connectivity index (χ1n) is 8.11. The van der Waals surface area contributed by atoms with Crippen LogP contribution in [0.5, 0.6) is 0 Å². The van der Waals surface area contributed by atoms with Crippen LogP contribution in [0.4, 0.5) is 16.2 Å². The van der Waals surface area contributed by atoms with Crippen molar-refractivity contribution in [2.45, 2.75) is 39.3 Å². The van der Waals surface area contributed by atoms with Crippen LogP contribution >= 0.6 is 0 Å². The number of nitro groups is 1. The van der Waals surface area contributed by atoms with Gasteiger partial charge in [-0.15, -0.1) is 0 Å². The van der Waals surface area contributed by atoms with Crippen LogP contribution in [0.2, 0.25) is 0 Å². The molecule has 148 valence electrons. The maximum absolute atomic E-state index is 12.4. The van der Waals surface area contributed by atoms with E-state index in [0.29, 0.717) is 5.69 Å². The van der Waals surface area contributed by atoms with Crippen molar-refractivity contribution in [3.63, 3.8) is 0 Å². The van der Waals surface area contributed by atoms with Gasteiger partial charge in [0.15, 0.2) is 6.10 Å². The number of esters is 1. The van der Waals surface area contributed by atoms with E-state index in [-0.39, 0.29) is 11.3 Å². The zero-order valence-electron chi connectivity index (χ0n) is 16.2. The quantitative estimate of drug-likeness (QED) is 0.452. The first-order chi connectivity index (χ1) is 12.3. The van der Waals surface area contributed by atoms with E-state index in [9.17, 15) is 24.5 Å². The van der Waals surface area contributed by atoms with Crippen molar-refractivity contribution in [3.05, 3.63) is 33.9 Å². The number of hydrogen-bond acceptors (Lipinski definition) is 7. The Bertz CT molecular complexity index is 754. The fraction of sp³-hybridized carbons (Fsp3) is 0.471. The molecule has 1 rings (SSSR count). The van der Waals surface area contributed by atoms with Gasteiger partial charge in [-0.25, -0.2) is 9.59 Å². The minimum absolute atomic E-state index is 0.0620.